The minimum Gasteiger partial charge on any atom is -0.331 e. The van der Waals surface area contributed by atoms with Gasteiger partial charge in [0.1, 0.15) is 5.82 Å². The van der Waals surface area contributed by atoms with E-state index in [0.717, 1.165) is 32.1 Å². The number of hydrazine groups is 1. The summed E-state index contributed by atoms with van der Waals surface area (Å²) in [6, 6.07) is 12.0. The van der Waals surface area contributed by atoms with Crippen molar-refractivity contribution in [2.45, 2.75) is 51.2 Å². The van der Waals surface area contributed by atoms with E-state index in [1.54, 1.807) is 0 Å². The zero-order valence-electron chi connectivity index (χ0n) is 15.9. The number of nitrogens with one attached hydrogen (secondary N) is 2. The highest BCUT2D eigenvalue weighted by molar-refractivity contribution is 5.23. The summed E-state index contributed by atoms with van der Waals surface area (Å²) in [5.74, 6) is 2.50. The molecule has 140 valence electrons. The van der Waals surface area contributed by atoms with Gasteiger partial charge in [0.05, 0.1) is 6.54 Å². The van der Waals surface area contributed by atoms with Crippen molar-refractivity contribution in [2.75, 3.05) is 19.6 Å². The standard InChI is InChI=1S/C21H31N5/c1-16(2)26-13-10-22-20(26)15-25-11-8-18(9-12-25)21-19(14-23-24-21)17-6-4-3-5-7-17/h3-7,10,13,16,18-19,21,23-24H,8-9,11-12,14-15H2,1-2H3. The first-order valence-electron chi connectivity index (χ1n) is 10.00. The number of imidazole rings is 1. The van der Waals surface area contributed by atoms with E-state index in [-0.39, 0.29) is 0 Å². The van der Waals surface area contributed by atoms with E-state index in [9.17, 15) is 0 Å². The Labute approximate surface area is 156 Å². The minimum absolute atomic E-state index is 0.477. The van der Waals surface area contributed by atoms with Gasteiger partial charge in [0, 0.05) is 36.9 Å². The normalized spacial score (nSPS) is 25.2. The molecule has 1 aromatic heterocycles. The average molecular weight is 354 g/mol. The average Bonchev–Trinajstić information content (AvgIpc) is 3.32. The topological polar surface area (TPSA) is 45.1 Å². The zero-order chi connectivity index (χ0) is 17.9. The molecule has 0 amide bonds. The molecule has 2 unspecified atom stereocenters. The summed E-state index contributed by atoms with van der Waals surface area (Å²) in [5.41, 5.74) is 8.44. The van der Waals surface area contributed by atoms with Crippen LogP contribution in [0.3, 0.4) is 0 Å². The van der Waals surface area contributed by atoms with Crippen LogP contribution >= 0.6 is 0 Å². The van der Waals surface area contributed by atoms with E-state index >= 15 is 0 Å². The van der Waals surface area contributed by atoms with E-state index in [4.69, 9.17) is 0 Å². The van der Waals surface area contributed by atoms with Crippen molar-refractivity contribution in [3.8, 4) is 0 Å². The largest absolute Gasteiger partial charge is 0.331 e. The van der Waals surface area contributed by atoms with Gasteiger partial charge in [-0.3, -0.25) is 15.8 Å². The maximum absolute atomic E-state index is 4.58. The summed E-state index contributed by atoms with van der Waals surface area (Å²) in [4.78, 5) is 7.15. The van der Waals surface area contributed by atoms with Crippen LogP contribution in [0.4, 0.5) is 0 Å². The summed E-state index contributed by atoms with van der Waals surface area (Å²) >= 11 is 0. The molecule has 2 saturated heterocycles. The summed E-state index contributed by atoms with van der Waals surface area (Å²) in [5, 5.41) is 0. The Morgan fingerprint density at radius 2 is 1.92 bits per heavy atom. The molecule has 2 fully saturated rings. The molecular weight excluding hydrogens is 322 g/mol. The molecule has 0 saturated carbocycles. The molecule has 0 aliphatic carbocycles. The number of aromatic nitrogens is 2. The summed E-state index contributed by atoms with van der Waals surface area (Å²) in [6.45, 7) is 8.77. The van der Waals surface area contributed by atoms with Crippen LogP contribution in [0.25, 0.3) is 0 Å². The number of piperidine rings is 1. The van der Waals surface area contributed by atoms with Crippen LogP contribution in [0.15, 0.2) is 42.7 Å². The van der Waals surface area contributed by atoms with Gasteiger partial charge in [0.15, 0.2) is 0 Å². The molecule has 1 aromatic carbocycles. The molecule has 5 heteroatoms. The second-order valence-corrected chi connectivity index (χ2v) is 8.03. The Morgan fingerprint density at radius 3 is 2.65 bits per heavy atom. The van der Waals surface area contributed by atoms with Crippen molar-refractivity contribution in [3.05, 3.63) is 54.1 Å². The fourth-order valence-corrected chi connectivity index (χ4v) is 4.59. The maximum atomic E-state index is 4.58. The third-order valence-electron chi connectivity index (χ3n) is 6.06. The molecule has 26 heavy (non-hydrogen) atoms. The van der Waals surface area contributed by atoms with Crippen molar-refractivity contribution in [1.29, 1.82) is 0 Å². The van der Waals surface area contributed by atoms with Gasteiger partial charge in [-0.05, 0) is 51.3 Å². The summed E-state index contributed by atoms with van der Waals surface area (Å²) in [6.07, 6.45) is 6.54. The molecule has 0 radical (unpaired) electrons. The molecule has 2 aliphatic rings. The van der Waals surface area contributed by atoms with E-state index < -0.39 is 0 Å². The first kappa shape index (κ1) is 17.7. The van der Waals surface area contributed by atoms with Crippen molar-refractivity contribution >= 4 is 0 Å². The van der Waals surface area contributed by atoms with Gasteiger partial charge in [-0.1, -0.05) is 30.3 Å². The maximum Gasteiger partial charge on any atom is 0.123 e. The summed E-state index contributed by atoms with van der Waals surface area (Å²) in [7, 11) is 0. The third-order valence-corrected chi connectivity index (χ3v) is 6.06. The predicted molar refractivity (Wildman–Crippen MR) is 105 cm³/mol. The van der Waals surface area contributed by atoms with Crippen LogP contribution in [0, 0.1) is 5.92 Å². The number of benzene rings is 1. The second kappa shape index (κ2) is 7.91. The van der Waals surface area contributed by atoms with Crippen molar-refractivity contribution in [2.24, 2.45) is 5.92 Å². The number of nitrogens with zero attached hydrogens (tertiary/aromatic N) is 3. The monoisotopic (exact) mass is 353 g/mol. The fourth-order valence-electron chi connectivity index (χ4n) is 4.59. The molecule has 2 atom stereocenters. The summed E-state index contributed by atoms with van der Waals surface area (Å²) < 4.78 is 2.29. The molecule has 2 aliphatic heterocycles. The van der Waals surface area contributed by atoms with Crippen LogP contribution in [-0.2, 0) is 6.54 Å². The predicted octanol–water partition coefficient (Wildman–Crippen LogP) is 2.94. The van der Waals surface area contributed by atoms with Gasteiger partial charge in [0.2, 0.25) is 0 Å². The van der Waals surface area contributed by atoms with Crippen molar-refractivity contribution in [1.82, 2.24) is 25.3 Å². The first-order chi connectivity index (χ1) is 12.7. The highest BCUT2D eigenvalue weighted by Crippen LogP contribution is 2.32. The first-order valence-corrected chi connectivity index (χ1v) is 10.00. The van der Waals surface area contributed by atoms with Crippen LogP contribution in [-0.4, -0.2) is 40.1 Å². The van der Waals surface area contributed by atoms with E-state index in [1.165, 1.54) is 24.2 Å². The molecule has 0 spiro atoms. The van der Waals surface area contributed by atoms with Crippen LogP contribution < -0.4 is 10.9 Å². The van der Waals surface area contributed by atoms with Crippen molar-refractivity contribution < 1.29 is 0 Å². The van der Waals surface area contributed by atoms with Gasteiger partial charge in [-0.15, -0.1) is 0 Å². The highest BCUT2D eigenvalue weighted by Gasteiger charge is 2.36. The Morgan fingerprint density at radius 1 is 1.15 bits per heavy atom. The lowest BCUT2D eigenvalue weighted by Crippen LogP contribution is -2.44. The Hall–Kier alpha value is -1.69. The Balaban J connectivity index is 1.35. The fraction of sp³-hybridized carbons (Fsp3) is 0.571. The zero-order valence-corrected chi connectivity index (χ0v) is 15.9. The van der Waals surface area contributed by atoms with E-state index in [1.807, 2.05) is 6.20 Å². The Bertz CT molecular complexity index is 687. The lowest BCUT2D eigenvalue weighted by Gasteiger charge is -2.36. The second-order valence-electron chi connectivity index (χ2n) is 8.03. The van der Waals surface area contributed by atoms with Crippen LogP contribution in [0.1, 0.15) is 50.0 Å². The number of hydrogen-bond donors (Lipinski definition) is 2. The SMILES string of the molecule is CC(C)n1ccnc1CN1CCC(C2NNCC2c2ccccc2)CC1. The van der Waals surface area contributed by atoms with Crippen LogP contribution in [0.2, 0.25) is 0 Å². The number of likely N-dealkylation sites (tertiary alicyclic amines) is 1. The van der Waals surface area contributed by atoms with Crippen LogP contribution in [0.5, 0.6) is 0 Å². The van der Waals surface area contributed by atoms with Gasteiger partial charge in [-0.2, -0.15) is 0 Å². The molecule has 2 aromatic rings. The van der Waals surface area contributed by atoms with E-state index in [0.29, 0.717) is 18.0 Å². The lowest BCUT2D eigenvalue weighted by atomic mass is 9.80. The molecule has 2 N–H and O–H groups in total. The number of rotatable bonds is 5. The van der Waals surface area contributed by atoms with Crippen molar-refractivity contribution in [3.63, 3.8) is 0 Å². The van der Waals surface area contributed by atoms with Gasteiger partial charge < -0.3 is 4.57 Å². The van der Waals surface area contributed by atoms with Gasteiger partial charge in [0.25, 0.3) is 0 Å². The quantitative estimate of drug-likeness (QED) is 0.868. The number of hydrogen-bond acceptors (Lipinski definition) is 4. The minimum atomic E-state index is 0.477. The smallest absolute Gasteiger partial charge is 0.123 e. The van der Waals surface area contributed by atoms with Gasteiger partial charge >= 0.3 is 0 Å². The highest BCUT2D eigenvalue weighted by atomic mass is 15.4. The molecule has 0 bridgehead atoms. The lowest BCUT2D eigenvalue weighted by molar-refractivity contribution is 0.147. The van der Waals surface area contributed by atoms with E-state index in [2.05, 4.69) is 75.7 Å². The third kappa shape index (κ3) is 3.70. The molecular formula is C21H31N5. The van der Waals surface area contributed by atoms with Gasteiger partial charge in [-0.25, -0.2) is 4.98 Å². The molecule has 3 heterocycles. The molecule has 5 nitrogen and oxygen atoms in total. The molecule has 4 rings (SSSR count). The Kier molecular flexibility index (Phi) is 5.38.